The van der Waals surface area contributed by atoms with E-state index in [0.717, 1.165) is 12.4 Å². The maximum Gasteiger partial charge on any atom is 0.306 e. The Labute approximate surface area is 108 Å². The quantitative estimate of drug-likeness (QED) is 0.809. The van der Waals surface area contributed by atoms with Gasteiger partial charge in [-0.05, 0) is 18.3 Å². The summed E-state index contributed by atoms with van der Waals surface area (Å²) in [5, 5.41) is 13.4. The Hall–Kier alpha value is -1.39. The van der Waals surface area contributed by atoms with Crippen LogP contribution < -0.4 is 0 Å². The highest BCUT2D eigenvalue weighted by molar-refractivity contribution is 5.70. The maximum absolute atomic E-state index is 11.2. The normalized spacial score (nSPS) is 13.2. The molecule has 1 N–H and O–H groups in total. The summed E-state index contributed by atoms with van der Waals surface area (Å²) in [6.07, 6.45) is 2.64. The molecule has 0 radical (unpaired) electrons. The van der Waals surface area contributed by atoms with E-state index in [-0.39, 0.29) is 5.92 Å². The van der Waals surface area contributed by atoms with Crippen LogP contribution in [0.15, 0.2) is 6.33 Å². The molecule has 0 saturated heterocycles. The van der Waals surface area contributed by atoms with E-state index in [1.54, 1.807) is 0 Å². The number of aliphatic carboxylic acids is 1. The topological polar surface area (TPSA) is 68.0 Å². The third-order valence-electron chi connectivity index (χ3n) is 2.77. The molecule has 0 amide bonds. The summed E-state index contributed by atoms with van der Waals surface area (Å²) < 4.78 is 1.82. The Morgan fingerprint density at radius 2 is 2.00 bits per heavy atom. The molecule has 0 bridgehead atoms. The van der Waals surface area contributed by atoms with Gasteiger partial charge in [-0.1, -0.05) is 27.7 Å². The Morgan fingerprint density at radius 1 is 1.33 bits per heavy atom. The zero-order valence-electron chi connectivity index (χ0n) is 11.6. The van der Waals surface area contributed by atoms with Gasteiger partial charge in [0.05, 0.1) is 5.92 Å². The lowest BCUT2D eigenvalue weighted by Gasteiger charge is -2.15. The van der Waals surface area contributed by atoms with Gasteiger partial charge in [-0.2, -0.15) is 5.10 Å². The summed E-state index contributed by atoms with van der Waals surface area (Å²) in [7, 11) is 0. The third kappa shape index (κ3) is 4.47. The molecule has 0 spiro atoms. The van der Waals surface area contributed by atoms with Gasteiger partial charge in [-0.25, -0.2) is 9.67 Å². The monoisotopic (exact) mass is 253 g/mol. The molecule has 1 unspecified atom stereocenters. The average Bonchev–Trinajstić information content (AvgIpc) is 2.63. The predicted molar refractivity (Wildman–Crippen MR) is 69.1 cm³/mol. The minimum atomic E-state index is -0.747. The van der Waals surface area contributed by atoms with Crippen LogP contribution in [0.5, 0.6) is 0 Å². The number of nitrogens with zero attached hydrogens (tertiary/aromatic N) is 3. The number of rotatable bonds is 7. The number of carboxylic acid groups (broad SMARTS) is 1. The summed E-state index contributed by atoms with van der Waals surface area (Å²) in [5.74, 6) is 0.492. The predicted octanol–water partition coefficient (Wildman–Crippen LogP) is 2.22. The first kappa shape index (κ1) is 14.7. The molecular weight excluding hydrogens is 230 g/mol. The number of carbonyl (C=O) groups is 1. The molecule has 0 aliphatic rings. The highest BCUT2D eigenvalue weighted by Crippen LogP contribution is 2.17. The molecule has 5 heteroatoms. The fourth-order valence-corrected chi connectivity index (χ4v) is 2.01. The van der Waals surface area contributed by atoms with Crippen molar-refractivity contribution < 1.29 is 9.90 Å². The second kappa shape index (κ2) is 6.52. The first-order chi connectivity index (χ1) is 8.40. The van der Waals surface area contributed by atoms with E-state index >= 15 is 0 Å². The van der Waals surface area contributed by atoms with Crippen molar-refractivity contribution in [3.8, 4) is 0 Å². The summed E-state index contributed by atoms with van der Waals surface area (Å²) >= 11 is 0. The van der Waals surface area contributed by atoms with E-state index in [0.29, 0.717) is 24.7 Å². The van der Waals surface area contributed by atoms with Crippen LogP contribution in [0, 0.1) is 17.8 Å². The lowest BCUT2D eigenvalue weighted by Crippen LogP contribution is -2.21. The van der Waals surface area contributed by atoms with E-state index in [9.17, 15) is 9.90 Å². The molecular formula is C13H23N3O2. The van der Waals surface area contributed by atoms with E-state index in [1.165, 1.54) is 6.33 Å². The molecule has 1 rings (SSSR count). The van der Waals surface area contributed by atoms with Gasteiger partial charge in [0.15, 0.2) is 0 Å². The zero-order valence-corrected chi connectivity index (χ0v) is 11.6. The second-order valence-corrected chi connectivity index (χ2v) is 5.62. The number of hydrogen-bond acceptors (Lipinski definition) is 3. The molecule has 1 atom stereocenters. The number of carboxylic acids is 1. The van der Waals surface area contributed by atoms with Crippen LogP contribution in [0.1, 0.15) is 39.9 Å². The van der Waals surface area contributed by atoms with Gasteiger partial charge < -0.3 is 5.11 Å². The summed E-state index contributed by atoms with van der Waals surface area (Å²) in [6.45, 7) is 9.06. The van der Waals surface area contributed by atoms with E-state index in [2.05, 4.69) is 23.9 Å². The molecule has 18 heavy (non-hydrogen) atoms. The molecule has 0 aliphatic heterocycles. The van der Waals surface area contributed by atoms with Gasteiger partial charge in [0, 0.05) is 13.0 Å². The smallest absolute Gasteiger partial charge is 0.306 e. The van der Waals surface area contributed by atoms with Crippen molar-refractivity contribution in [2.24, 2.45) is 17.8 Å². The van der Waals surface area contributed by atoms with Gasteiger partial charge in [0.25, 0.3) is 0 Å². The summed E-state index contributed by atoms with van der Waals surface area (Å²) in [4.78, 5) is 15.4. The van der Waals surface area contributed by atoms with Crippen LogP contribution in [0.4, 0.5) is 0 Å². The van der Waals surface area contributed by atoms with Gasteiger partial charge in [-0.3, -0.25) is 4.79 Å². The summed E-state index contributed by atoms with van der Waals surface area (Å²) in [6, 6.07) is 0. The lowest BCUT2D eigenvalue weighted by atomic mass is 9.94. The van der Waals surface area contributed by atoms with Crippen LogP contribution in [0.2, 0.25) is 0 Å². The van der Waals surface area contributed by atoms with Crippen molar-refractivity contribution in [1.29, 1.82) is 0 Å². The van der Waals surface area contributed by atoms with E-state index < -0.39 is 5.97 Å². The second-order valence-electron chi connectivity index (χ2n) is 5.62. The van der Waals surface area contributed by atoms with Gasteiger partial charge in [0.2, 0.25) is 0 Å². The SMILES string of the molecule is CC(C)CC(Cc1ncnn1CC(C)C)C(=O)O. The van der Waals surface area contributed by atoms with Crippen molar-refractivity contribution in [1.82, 2.24) is 14.8 Å². The van der Waals surface area contributed by atoms with Crippen molar-refractivity contribution in [2.45, 2.75) is 47.1 Å². The molecule has 0 aliphatic carbocycles. The Morgan fingerprint density at radius 3 is 2.50 bits per heavy atom. The fourth-order valence-electron chi connectivity index (χ4n) is 2.01. The minimum Gasteiger partial charge on any atom is -0.481 e. The fraction of sp³-hybridized carbons (Fsp3) is 0.769. The van der Waals surface area contributed by atoms with Crippen LogP contribution in [0.25, 0.3) is 0 Å². The Balaban J connectivity index is 2.74. The molecule has 5 nitrogen and oxygen atoms in total. The molecule has 0 aromatic carbocycles. The molecule has 0 fully saturated rings. The first-order valence-corrected chi connectivity index (χ1v) is 6.49. The molecule has 102 valence electrons. The molecule has 1 aromatic rings. The Kier molecular flexibility index (Phi) is 5.31. The van der Waals surface area contributed by atoms with Gasteiger partial charge in [0.1, 0.15) is 12.2 Å². The summed E-state index contributed by atoms with van der Waals surface area (Å²) in [5.41, 5.74) is 0. The van der Waals surface area contributed by atoms with Gasteiger partial charge in [-0.15, -0.1) is 0 Å². The third-order valence-corrected chi connectivity index (χ3v) is 2.77. The largest absolute Gasteiger partial charge is 0.481 e. The highest BCUT2D eigenvalue weighted by Gasteiger charge is 2.22. The van der Waals surface area contributed by atoms with Crippen LogP contribution in [-0.2, 0) is 17.8 Å². The van der Waals surface area contributed by atoms with Crippen molar-refractivity contribution in [3.63, 3.8) is 0 Å². The molecule has 1 aromatic heterocycles. The molecule has 1 heterocycles. The first-order valence-electron chi connectivity index (χ1n) is 6.49. The highest BCUT2D eigenvalue weighted by atomic mass is 16.4. The minimum absolute atomic E-state index is 0.368. The number of aromatic nitrogens is 3. The lowest BCUT2D eigenvalue weighted by molar-refractivity contribution is -0.142. The average molecular weight is 253 g/mol. The van der Waals surface area contributed by atoms with Crippen molar-refractivity contribution in [2.75, 3.05) is 0 Å². The molecule has 0 saturated carbocycles. The van der Waals surface area contributed by atoms with Gasteiger partial charge >= 0.3 is 5.97 Å². The Bertz CT molecular complexity index is 385. The number of hydrogen-bond donors (Lipinski definition) is 1. The van der Waals surface area contributed by atoms with Crippen LogP contribution in [0.3, 0.4) is 0 Å². The maximum atomic E-state index is 11.2. The van der Waals surface area contributed by atoms with E-state index in [1.807, 2.05) is 18.5 Å². The van der Waals surface area contributed by atoms with Crippen LogP contribution >= 0.6 is 0 Å². The van der Waals surface area contributed by atoms with Crippen LogP contribution in [-0.4, -0.2) is 25.8 Å². The van der Waals surface area contributed by atoms with Crippen molar-refractivity contribution >= 4 is 5.97 Å². The van der Waals surface area contributed by atoms with Crippen molar-refractivity contribution in [3.05, 3.63) is 12.2 Å². The standard InChI is InChI=1S/C13H23N3O2/c1-9(2)5-11(13(17)18)6-12-14-8-15-16(12)7-10(3)4/h8-11H,5-7H2,1-4H3,(H,17,18). The van der Waals surface area contributed by atoms with E-state index in [4.69, 9.17) is 0 Å². The zero-order chi connectivity index (χ0) is 13.7.